The van der Waals surface area contributed by atoms with Gasteiger partial charge in [-0.3, -0.25) is 10.1 Å². The Kier molecular flexibility index (Phi) is 5.62. The molecule has 0 aliphatic carbocycles. The van der Waals surface area contributed by atoms with Crippen LogP contribution in [0.2, 0.25) is 0 Å². The van der Waals surface area contributed by atoms with Crippen LogP contribution in [-0.4, -0.2) is 17.1 Å². The molecular formula is C12H15Br2NO2. The minimum Gasteiger partial charge on any atom is -0.480 e. The van der Waals surface area contributed by atoms with Crippen LogP contribution in [0, 0.1) is 0 Å². The highest BCUT2D eigenvalue weighted by molar-refractivity contribution is 9.13. The van der Waals surface area contributed by atoms with E-state index in [1.807, 2.05) is 32.0 Å². The van der Waals surface area contributed by atoms with Crippen molar-refractivity contribution < 1.29 is 9.90 Å². The number of hydrogen-bond donors (Lipinski definition) is 2. The number of benzene rings is 1. The third-order valence-corrected chi connectivity index (χ3v) is 4.47. The lowest BCUT2D eigenvalue weighted by atomic mass is 10.1. The maximum Gasteiger partial charge on any atom is 0.325 e. The molecule has 94 valence electrons. The van der Waals surface area contributed by atoms with E-state index in [0.717, 1.165) is 20.9 Å². The molecule has 0 spiro atoms. The van der Waals surface area contributed by atoms with Crippen molar-refractivity contribution in [3.8, 4) is 0 Å². The summed E-state index contributed by atoms with van der Waals surface area (Å²) in [5, 5.41) is 12.3. The number of carboxylic acid groups (broad SMARTS) is 1. The van der Waals surface area contributed by atoms with Gasteiger partial charge in [0, 0.05) is 15.0 Å². The Morgan fingerprint density at radius 3 is 2.53 bits per heavy atom. The Hall–Kier alpha value is -0.390. The fourth-order valence-electron chi connectivity index (χ4n) is 1.40. The van der Waals surface area contributed by atoms with E-state index < -0.39 is 12.0 Å². The predicted octanol–water partition coefficient (Wildman–Crippen LogP) is 3.73. The van der Waals surface area contributed by atoms with Crippen molar-refractivity contribution in [1.82, 2.24) is 5.32 Å². The fourth-order valence-corrected chi connectivity index (χ4v) is 2.05. The number of rotatable bonds is 5. The molecule has 0 fully saturated rings. The first-order valence-corrected chi connectivity index (χ1v) is 6.98. The first kappa shape index (κ1) is 14.7. The van der Waals surface area contributed by atoms with Crippen molar-refractivity contribution in [3.05, 3.63) is 32.7 Å². The van der Waals surface area contributed by atoms with Gasteiger partial charge >= 0.3 is 5.97 Å². The number of carboxylic acids is 1. The predicted molar refractivity (Wildman–Crippen MR) is 75.1 cm³/mol. The minimum absolute atomic E-state index is 0.165. The molecule has 3 nitrogen and oxygen atoms in total. The second-order valence-electron chi connectivity index (χ2n) is 3.92. The Morgan fingerprint density at radius 1 is 1.41 bits per heavy atom. The molecule has 0 aliphatic heterocycles. The number of nitrogens with one attached hydrogen (secondary N) is 1. The Morgan fingerprint density at radius 2 is 2.06 bits per heavy atom. The van der Waals surface area contributed by atoms with Gasteiger partial charge < -0.3 is 5.11 Å². The van der Waals surface area contributed by atoms with Gasteiger partial charge in [0.2, 0.25) is 0 Å². The lowest BCUT2D eigenvalue weighted by Gasteiger charge is -2.19. The maximum absolute atomic E-state index is 11.3. The molecule has 0 radical (unpaired) electrons. The van der Waals surface area contributed by atoms with Gasteiger partial charge in [-0.15, -0.1) is 0 Å². The lowest BCUT2D eigenvalue weighted by Crippen LogP contribution is -2.34. The molecule has 1 aromatic carbocycles. The minimum atomic E-state index is -0.862. The standard InChI is InChI=1S/C12H15Br2NO2/c1-3-7(2)15-11(12(16)17)8-4-5-9(13)10(14)6-8/h4-7,11,15H,3H2,1-2H3,(H,16,17). The van der Waals surface area contributed by atoms with E-state index in [1.165, 1.54) is 0 Å². The van der Waals surface area contributed by atoms with E-state index in [9.17, 15) is 9.90 Å². The largest absolute Gasteiger partial charge is 0.480 e. The lowest BCUT2D eigenvalue weighted by molar-refractivity contribution is -0.139. The van der Waals surface area contributed by atoms with Gasteiger partial charge in [0.05, 0.1) is 0 Å². The molecule has 0 saturated heterocycles. The summed E-state index contributed by atoms with van der Waals surface area (Å²) in [7, 11) is 0. The molecule has 2 atom stereocenters. The van der Waals surface area contributed by atoms with Crippen molar-refractivity contribution >= 4 is 37.8 Å². The van der Waals surface area contributed by atoms with Gasteiger partial charge in [-0.05, 0) is 62.9 Å². The van der Waals surface area contributed by atoms with Crippen LogP contribution < -0.4 is 5.32 Å². The Balaban J connectivity index is 2.97. The number of halogens is 2. The molecule has 1 aromatic rings. The van der Waals surface area contributed by atoms with E-state index in [4.69, 9.17) is 0 Å². The monoisotopic (exact) mass is 363 g/mol. The smallest absolute Gasteiger partial charge is 0.325 e. The van der Waals surface area contributed by atoms with Crippen LogP contribution in [0.3, 0.4) is 0 Å². The molecule has 0 aliphatic rings. The van der Waals surface area contributed by atoms with E-state index in [2.05, 4.69) is 37.2 Å². The number of carbonyl (C=O) groups is 1. The molecule has 0 amide bonds. The average molecular weight is 365 g/mol. The summed E-state index contributed by atoms with van der Waals surface area (Å²) in [6.07, 6.45) is 0.890. The van der Waals surface area contributed by atoms with E-state index >= 15 is 0 Å². The zero-order valence-electron chi connectivity index (χ0n) is 9.71. The highest BCUT2D eigenvalue weighted by atomic mass is 79.9. The first-order chi connectivity index (χ1) is 7.95. The molecule has 0 aromatic heterocycles. The average Bonchev–Trinajstić information content (AvgIpc) is 2.29. The van der Waals surface area contributed by atoms with E-state index in [0.29, 0.717) is 0 Å². The van der Waals surface area contributed by atoms with Crippen molar-refractivity contribution in [2.24, 2.45) is 0 Å². The van der Waals surface area contributed by atoms with Crippen LogP contribution in [0.4, 0.5) is 0 Å². The van der Waals surface area contributed by atoms with Gasteiger partial charge in [0.25, 0.3) is 0 Å². The van der Waals surface area contributed by atoms with Crippen molar-refractivity contribution in [2.75, 3.05) is 0 Å². The summed E-state index contributed by atoms with van der Waals surface area (Å²) in [6.45, 7) is 4.00. The molecule has 17 heavy (non-hydrogen) atoms. The van der Waals surface area contributed by atoms with Gasteiger partial charge in [0.1, 0.15) is 6.04 Å². The van der Waals surface area contributed by atoms with Crippen LogP contribution in [0.15, 0.2) is 27.1 Å². The van der Waals surface area contributed by atoms with E-state index in [1.54, 1.807) is 0 Å². The summed E-state index contributed by atoms with van der Waals surface area (Å²) < 4.78 is 1.76. The van der Waals surface area contributed by atoms with Crippen LogP contribution in [0.5, 0.6) is 0 Å². The molecule has 0 heterocycles. The zero-order valence-corrected chi connectivity index (χ0v) is 12.9. The van der Waals surface area contributed by atoms with Gasteiger partial charge in [-0.1, -0.05) is 13.0 Å². The summed E-state index contributed by atoms with van der Waals surface area (Å²) in [6, 6.07) is 4.96. The van der Waals surface area contributed by atoms with Crippen LogP contribution >= 0.6 is 31.9 Å². The highest BCUT2D eigenvalue weighted by Gasteiger charge is 2.21. The Labute approximate surface area is 118 Å². The third-order valence-electron chi connectivity index (χ3n) is 2.59. The highest BCUT2D eigenvalue weighted by Crippen LogP contribution is 2.27. The second kappa shape index (κ2) is 6.52. The molecule has 2 N–H and O–H groups in total. The summed E-state index contributed by atoms with van der Waals surface area (Å²) >= 11 is 6.74. The van der Waals surface area contributed by atoms with Gasteiger partial charge in [-0.25, -0.2) is 0 Å². The molecule has 1 rings (SSSR count). The number of hydrogen-bond acceptors (Lipinski definition) is 2. The quantitative estimate of drug-likeness (QED) is 0.836. The van der Waals surface area contributed by atoms with Gasteiger partial charge in [0.15, 0.2) is 0 Å². The topological polar surface area (TPSA) is 49.3 Å². The van der Waals surface area contributed by atoms with Crippen molar-refractivity contribution in [1.29, 1.82) is 0 Å². The van der Waals surface area contributed by atoms with Crippen LogP contribution in [-0.2, 0) is 4.79 Å². The second-order valence-corrected chi connectivity index (χ2v) is 5.63. The first-order valence-electron chi connectivity index (χ1n) is 5.39. The normalized spacial score (nSPS) is 14.4. The van der Waals surface area contributed by atoms with Crippen LogP contribution in [0.25, 0.3) is 0 Å². The van der Waals surface area contributed by atoms with E-state index in [-0.39, 0.29) is 6.04 Å². The SMILES string of the molecule is CCC(C)NC(C(=O)O)c1ccc(Br)c(Br)c1. The molecule has 5 heteroatoms. The van der Waals surface area contributed by atoms with Gasteiger partial charge in [-0.2, -0.15) is 0 Å². The zero-order chi connectivity index (χ0) is 13.0. The molecular weight excluding hydrogens is 350 g/mol. The van der Waals surface area contributed by atoms with Crippen LogP contribution in [0.1, 0.15) is 31.9 Å². The van der Waals surface area contributed by atoms with Crippen molar-refractivity contribution in [3.63, 3.8) is 0 Å². The maximum atomic E-state index is 11.3. The Bertz CT molecular complexity index is 409. The summed E-state index contributed by atoms with van der Waals surface area (Å²) in [4.78, 5) is 11.3. The molecule has 0 bridgehead atoms. The third kappa shape index (κ3) is 4.08. The molecule has 2 unspecified atom stereocenters. The number of aliphatic carboxylic acids is 1. The summed E-state index contributed by atoms with van der Waals surface area (Å²) in [5.41, 5.74) is 0.743. The fraction of sp³-hybridized carbons (Fsp3) is 0.417. The molecule has 0 saturated carbocycles. The summed E-state index contributed by atoms with van der Waals surface area (Å²) in [5.74, 6) is -0.862. The van der Waals surface area contributed by atoms with Crippen molar-refractivity contribution in [2.45, 2.75) is 32.4 Å².